The van der Waals surface area contributed by atoms with Gasteiger partial charge in [0.2, 0.25) is 11.8 Å². The Hall–Kier alpha value is -5.24. The van der Waals surface area contributed by atoms with E-state index in [0.29, 0.717) is 17.1 Å². The van der Waals surface area contributed by atoms with Crippen molar-refractivity contribution in [2.24, 2.45) is 11.8 Å². The maximum atomic E-state index is 14.0. The highest BCUT2D eigenvalue weighted by atomic mass is 16.5. The molecule has 0 radical (unpaired) electrons. The molecule has 1 heterocycles. The highest BCUT2D eigenvalue weighted by Gasteiger charge is 2.61. The predicted octanol–water partition coefficient (Wildman–Crippen LogP) is 4.89. The number of ether oxygens (including phenoxy) is 2. The number of hydrogen-bond donors (Lipinski definition) is 1. The lowest BCUT2D eigenvalue weighted by molar-refractivity contribution is -0.122. The van der Waals surface area contributed by atoms with Crippen molar-refractivity contribution in [3.8, 4) is 5.75 Å². The van der Waals surface area contributed by atoms with Gasteiger partial charge in [-0.05, 0) is 52.6 Å². The van der Waals surface area contributed by atoms with Gasteiger partial charge in [-0.1, -0.05) is 66.7 Å². The lowest BCUT2D eigenvalue weighted by Gasteiger charge is -2.45. The predicted molar refractivity (Wildman–Crippen MR) is 154 cm³/mol. The van der Waals surface area contributed by atoms with Gasteiger partial charge in [0.25, 0.3) is 5.91 Å². The minimum absolute atomic E-state index is 0.127. The van der Waals surface area contributed by atoms with E-state index < -0.39 is 30.3 Å². The van der Waals surface area contributed by atoms with Crippen LogP contribution < -0.4 is 15.0 Å². The molecule has 4 aromatic carbocycles. The zero-order valence-corrected chi connectivity index (χ0v) is 22.7. The summed E-state index contributed by atoms with van der Waals surface area (Å²) >= 11 is 0. The van der Waals surface area contributed by atoms with Crippen LogP contribution >= 0.6 is 0 Å². The Balaban J connectivity index is 1.13. The van der Waals surface area contributed by atoms with Gasteiger partial charge in [0.1, 0.15) is 5.75 Å². The molecule has 4 aliphatic rings. The highest BCUT2D eigenvalue weighted by Crippen LogP contribution is 2.61. The average Bonchev–Trinajstić information content (AvgIpc) is 3.30. The third-order valence-electron chi connectivity index (χ3n) is 8.50. The van der Waals surface area contributed by atoms with Crippen LogP contribution in [0, 0.1) is 11.8 Å². The van der Waals surface area contributed by atoms with Crippen molar-refractivity contribution in [3.05, 3.63) is 125 Å². The SMILES string of the molecule is COc1ccccc1NC(=O)COC(=O)c1cccc(N2C(=O)[C@@H]3C4c5ccccc5C(c5ccccc54)[C@@H]3C2=O)c1. The topological polar surface area (TPSA) is 102 Å². The maximum absolute atomic E-state index is 14.0. The molecule has 3 amide bonds. The number of nitrogens with one attached hydrogen (secondary N) is 1. The van der Waals surface area contributed by atoms with Gasteiger partial charge in [0.15, 0.2) is 6.61 Å². The third-order valence-corrected chi connectivity index (χ3v) is 8.50. The van der Waals surface area contributed by atoms with Crippen LogP contribution in [0.4, 0.5) is 11.4 Å². The van der Waals surface area contributed by atoms with Crippen molar-refractivity contribution in [1.82, 2.24) is 0 Å². The second-order valence-corrected chi connectivity index (χ2v) is 10.7. The van der Waals surface area contributed by atoms with Crippen molar-refractivity contribution in [3.63, 3.8) is 0 Å². The van der Waals surface area contributed by atoms with Gasteiger partial charge in [0.05, 0.1) is 35.9 Å². The maximum Gasteiger partial charge on any atom is 0.338 e. The number of amides is 3. The third kappa shape index (κ3) is 3.90. The van der Waals surface area contributed by atoms with Crippen LogP contribution in [0.1, 0.15) is 44.4 Å². The number of para-hydroxylation sites is 2. The molecule has 1 fully saturated rings. The molecule has 0 spiro atoms. The second-order valence-electron chi connectivity index (χ2n) is 10.7. The summed E-state index contributed by atoms with van der Waals surface area (Å²) in [7, 11) is 1.49. The van der Waals surface area contributed by atoms with E-state index in [0.717, 1.165) is 22.3 Å². The van der Waals surface area contributed by atoms with E-state index >= 15 is 0 Å². The van der Waals surface area contributed by atoms with Gasteiger partial charge in [-0.25, -0.2) is 9.69 Å². The number of imide groups is 1. The molecule has 4 aromatic rings. The lowest BCUT2D eigenvalue weighted by atomic mass is 9.55. The molecule has 3 aliphatic carbocycles. The Morgan fingerprint density at radius 1 is 0.738 bits per heavy atom. The molecule has 8 nitrogen and oxygen atoms in total. The smallest absolute Gasteiger partial charge is 0.338 e. The normalized spacial score (nSPS) is 21.3. The van der Waals surface area contributed by atoms with Crippen LogP contribution in [-0.2, 0) is 19.1 Å². The van der Waals surface area contributed by atoms with Crippen LogP contribution in [0.5, 0.6) is 5.75 Å². The van der Waals surface area contributed by atoms with Gasteiger partial charge in [0, 0.05) is 11.8 Å². The second kappa shape index (κ2) is 9.99. The number of hydrogen-bond acceptors (Lipinski definition) is 6. The summed E-state index contributed by atoms with van der Waals surface area (Å²) in [5.41, 5.74) is 5.25. The van der Waals surface area contributed by atoms with Crippen molar-refractivity contribution in [2.75, 3.05) is 23.9 Å². The van der Waals surface area contributed by atoms with E-state index in [9.17, 15) is 19.2 Å². The van der Waals surface area contributed by atoms with E-state index in [-0.39, 0.29) is 29.2 Å². The molecule has 1 saturated heterocycles. The summed E-state index contributed by atoms with van der Waals surface area (Å²) in [6, 6.07) is 29.2. The molecule has 2 atom stereocenters. The van der Waals surface area contributed by atoms with Crippen LogP contribution in [0.15, 0.2) is 97.1 Å². The Morgan fingerprint density at radius 3 is 1.86 bits per heavy atom. The van der Waals surface area contributed by atoms with Crippen molar-refractivity contribution < 1.29 is 28.7 Å². The van der Waals surface area contributed by atoms with E-state index in [4.69, 9.17) is 9.47 Å². The first-order chi connectivity index (χ1) is 20.5. The van der Waals surface area contributed by atoms with Crippen molar-refractivity contribution in [1.29, 1.82) is 0 Å². The van der Waals surface area contributed by atoms with Crippen molar-refractivity contribution in [2.45, 2.75) is 11.8 Å². The minimum Gasteiger partial charge on any atom is -0.495 e. The number of carbonyl (C=O) groups excluding carboxylic acids is 4. The molecule has 1 N–H and O–H groups in total. The summed E-state index contributed by atoms with van der Waals surface area (Å²) in [5, 5.41) is 2.66. The molecule has 8 rings (SSSR count). The quantitative estimate of drug-likeness (QED) is 0.267. The van der Waals surface area contributed by atoms with E-state index in [1.807, 2.05) is 24.3 Å². The average molecular weight is 559 g/mol. The Labute approximate surface area is 241 Å². The number of carbonyl (C=O) groups is 4. The molecule has 8 heteroatoms. The number of rotatable bonds is 6. The molecule has 0 unspecified atom stereocenters. The van der Waals surface area contributed by atoms with Gasteiger partial charge in [-0.2, -0.15) is 0 Å². The standard InChI is InChI=1S/C34H26N2O6/c1-41-26-16-7-6-15-25(26)35-27(37)18-42-34(40)19-9-8-10-20(17-19)36-32(38)30-28-21-11-2-3-12-22(21)29(31(30)33(36)39)24-14-5-4-13-23(24)28/h2-17,28-31H,18H2,1H3,(H,35,37)/t28?,29?,30-,31+. The van der Waals surface area contributed by atoms with Crippen LogP contribution in [0.3, 0.4) is 0 Å². The van der Waals surface area contributed by atoms with E-state index in [2.05, 4.69) is 29.6 Å². The van der Waals surface area contributed by atoms with Gasteiger partial charge < -0.3 is 14.8 Å². The van der Waals surface area contributed by atoms with Crippen LogP contribution in [0.2, 0.25) is 0 Å². The number of methoxy groups -OCH3 is 1. The van der Waals surface area contributed by atoms with Crippen molar-refractivity contribution >= 4 is 35.1 Å². The fourth-order valence-electron chi connectivity index (χ4n) is 6.85. The first-order valence-corrected chi connectivity index (χ1v) is 13.7. The fourth-order valence-corrected chi connectivity index (χ4v) is 6.85. The molecule has 1 aliphatic heterocycles. The van der Waals surface area contributed by atoms with Gasteiger partial charge in [-0.3, -0.25) is 14.4 Å². The number of nitrogens with zero attached hydrogens (tertiary/aromatic N) is 1. The van der Waals surface area contributed by atoms with Gasteiger partial charge >= 0.3 is 5.97 Å². The highest BCUT2D eigenvalue weighted by molar-refractivity contribution is 6.23. The Kier molecular flexibility index (Phi) is 6.12. The summed E-state index contributed by atoms with van der Waals surface area (Å²) < 4.78 is 10.5. The van der Waals surface area contributed by atoms with Crippen LogP contribution in [0.25, 0.3) is 0 Å². The number of esters is 1. The lowest BCUT2D eigenvalue weighted by Crippen LogP contribution is -2.41. The molecule has 2 bridgehead atoms. The van der Waals surface area contributed by atoms with E-state index in [1.165, 1.54) is 24.1 Å². The Morgan fingerprint density at radius 2 is 1.29 bits per heavy atom. The number of benzene rings is 4. The molecular formula is C34H26N2O6. The first-order valence-electron chi connectivity index (χ1n) is 13.7. The summed E-state index contributed by atoms with van der Waals surface area (Å²) in [6.07, 6.45) is 0. The van der Waals surface area contributed by atoms with Crippen LogP contribution in [-0.4, -0.2) is 37.4 Å². The first kappa shape index (κ1) is 25.7. The summed E-state index contributed by atoms with van der Waals surface area (Å²) in [4.78, 5) is 54.6. The number of anilines is 2. The van der Waals surface area contributed by atoms with Gasteiger partial charge in [-0.15, -0.1) is 0 Å². The monoisotopic (exact) mass is 558 g/mol. The summed E-state index contributed by atoms with van der Waals surface area (Å²) in [5.74, 6) is -2.84. The minimum atomic E-state index is -0.747. The molecular weight excluding hydrogens is 532 g/mol. The molecule has 0 saturated carbocycles. The Bertz CT molecular complexity index is 1670. The largest absolute Gasteiger partial charge is 0.495 e. The molecule has 0 aromatic heterocycles. The fraction of sp³-hybridized carbons (Fsp3) is 0.176. The zero-order chi connectivity index (χ0) is 29.0. The van der Waals surface area contributed by atoms with E-state index in [1.54, 1.807) is 36.4 Å². The summed E-state index contributed by atoms with van der Waals surface area (Å²) in [6.45, 7) is -0.521. The molecule has 208 valence electrons. The molecule has 42 heavy (non-hydrogen) atoms. The zero-order valence-electron chi connectivity index (χ0n) is 22.7.